The molecule has 0 spiro atoms. The number of halogens is 1. The summed E-state index contributed by atoms with van der Waals surface area (Å²) in [5.41, 5.74) is 3.50. The molecule has 1 aliphatic rings. The van der Waals surface area contributed by atoms with Gasteiger partial charge < -0.3 is 0 Å². The average Bonchev–Trinajstić information content (AvgIpc) is 2.94. The third-order valence-corrected chi connectivity index (χ3v) is 4.70. The van der Waals surface area contributed by atoms with Crippen LogP contribution in [0.15, 0.2) is 40.7 Å². The van der Waals surface area contributed by atoms with Crippen LogP contribution in [0.3, 0.4) is 0 Å². The molecule has 1 aliphatic heterocycles. The Morgan fingerprint density at radius 2 is 2.05 bits per heavy atom. The Balaban J connectivity index is 1.96. The van der Waals surface area contributed by atoms with E-state index in [2.05, 4.69) is 10.2 Å². The van der Waals surface area contributed by atoms with Gasteiger partial charge in [-0.25, -0.2) is 4.39 Å². The highest BCUT2D eigenvalue weighted by Gasteiger charge is 2.30. The van der Waals surface area contributed by atoms with Crippen LogP contribution in [-0.2, 0) is 6.42 Å². The standard InChI is InChI=1S/C17H14FN3S/c1-17(2)9-11-10(4-3-5-12(11)18)16(19-17)14-8-15-13(20-21-14)6-7-22-15/h3-8H,9H2,1-2H3. The molecule has 4 rings (SSSR count). The third kappa shape index (κ3) is 2.13. The number of hydrogen-bond acceptors (Lipinski definition) is 4. The lowest BCUT2D eigenvalue weighted by Crippen LogP contribution is -2.30. The topological polar surface area (TPSA) is 38.1 Å². The van der Waals surface area contributed by atoms with Crippen molar-refractivity contribution in [2.75, 3.05) is 0 Å². The summed E-state index contributed by atoms with van der Waals surface area (Å²) < 4.78 is 15.3. The summed E-state index contributed by atoms with van der Waals surface area (Å²) in [6.45, 7) is 4.03. The van der Waals surface area contributed by atoms with Crippen molar-refractivity contribution in [2.45, 2.75) is 25.8 Å². The van der Waals surface area contributed by atoms with E-state index in [9.17, 15) is 4.39 Å². The maximum Gasteiger partial charge on any atom is 0.127 e. The van der Waals surface area contributed by atoms with Crippen LogP contribution in [0.5, 0.6) is 0 Å². The number of fused-ring (bicyclic) bond motifs is 2. The van der Waals surface area contributed by atoms with Crippen LogP contribution in [0, 0.1) is 5.82 Å². The van der Waals surface area contributed by atoms with E-state index < -0.39 is 0 Å². The van der Waals surface area contributed by atoms with E-state index in [0.29, 0.717) is 17.7 Å². The molecule has 0 saturated carbocycles. The van der Waals surface area contributed by atoms with Crippen molar-refractivity contribution >= 4 is 27.3 Å². The van der Waals surface area contributed by atoms with E-state index in [1.165, 1.54) is 6.07 Å². The van der Waals surface area contributed by atoms with Gasteiger partial charge in [0.15, 0.2) is 0 Å². The zero-order chi connectivity index (χ0) is 15.3. The van der Waals surface area contributed by atoms with Gasteiger partial charge in [0.25, 0.3) is 0 Å². The monoisotopic (exact) mass is 311 g/mol. The van der Waals surface area contributed by atoms with Gasteiger partial charge in [0, 0.05) is 12.0 Å². The van der Waals surface area contributed by atoms with Gasteiger partial charge in [0.05, 0.1) is 16.0 Å². The quantitative estimate of drug-likeness (QED) is 0.681. The predicted molar refractivity (Wildman–Crippen MR) is 87.2 cm³/mol. The second kappa shape index (κ2) is 4.68. The molecule has 3 nitrogen and oxygen atoms in total. The van der Waals surface area contributed by atoms with E-state index in [1.54, 1.807) is 17.4 Å². The summed E-state index contributed by atoms with van der Waals surface area (Å²) in [6.07, 6.45) is 0.590. The lowest BCUT2D eigenvalue weighted by molar-refractivity contribution is 0.492. The molecule has 0 radical (unpaired) electrons. The average molecular weight is 311 g/mol. The summed E-state index contributed by atoms with van der Waals surface area (Å²) in [7, 11) is 0. The summed E-state index contributed by atoms with van der Waals surface area (Å²) in [5, 5.41) is 10.5. The van der Waals surface area contributed by atoms with Crippen LogP contribution in [0.1, 0.15) is 30.7 Å². The maximum absolute atomic E-state index is 14.2. The molecule has 1 aromatic carbocycles. The van der Waals surface area contributed by atoms with Crippen LogP contribution < -0.4 is 0 Å². The Kier molecular flexibility index (Phi) is 2.87. The van der Waals surface area contributed by atoms with Crippen LogP contribution in [0.4, 0.5) is 4.39 Å². The molecule has 2 aromatic heterocycles. The molecule has 0 saturated heterocycles. The highest BCUT2D eigenvalue weighted by Crippen LogP contribution is 2.31. The minimum absolute atomic E-state index is 0.178. The summed E-state index contributed by atoms with van der Waals surface area (Å²) in [4.78, 5) is 4.81. The van der Waals surface area contributed by atoms with Crippen molar-refractivity contribution in [1.82, 2.24) is 10.2 Å². The Morgan fingerprint density at radius 3 is 2.91 bits per heavy atom. The minimum Gasteiger partial charge on any atom is -0.276 e. The van der Waals surface area contributed by atoms with Crippen molar-refractivity contribution in [3.05, 3.63) is 58.3 Å². The zero-order valence-corrected chi connectivity index (χ0v) is 13.1. The fourth-order valence-corrected chi connectivity index (χ4v) is 3.62. The lowest BCUT2D eigenvalue weighted by atomic mass is 9.85. The molecule has 0 amide bonds. The number of benzene rings is 1. The Hall–Kier alpha value is -2.14. The molecule has 0 aliphatic carbocycles. The minimum atomic E-state index is -0.351. The van der Waals surface area contributed by atoms with E-state index in [1.807, 2.05) is 37.4 Å². The molecule has 22 heavy (non-hydrogen) atoms. The molecular weight excluding hydrogens is 297 g/mol. The SMILES string of the molecule is CC1(C)Cc2c(F)cccc2C(c2cc3sccc3nn2)=N1. The first kappa shape index (κ1) is 13.5. The molecule has 0 unspecified atom stereocenters. The summed E-state index contributed by atoms with van der Waals surface area (Å²) in [5.74, 6) is -0.178. The molecule has 0 N–H and O–H groups in total. The van der Waals surface area contributed by atoms with Gasteiger partial charge in [-0.15, -0.1) is 21.5 Å². The first-order chi connectivity index (χ1) is 10.5. The Labute approximate surface area is 131 Å². The molecule has 110 valence electrons. The fraction of sp³-hybridized carbons (Fsp3) is 0.235. The normalized spacial score (nSPS) is 16.4. The van der Waals surface area contributed by atoms with Gasteiger partial charge in [-0.1, -0.05) is 12.1 Å². The largest absolute Gasteiger partial charge is 0.276 e. The molecule has 5 heteroatoms. The summed E-state index contributed by atoms with van der Waals surface area (Å²) >= 11 is 1.62. The highest BCUT2D eigenvalue weighted by molar-refractivity contribution is 7.17. The first-order valence-corrected chi connectivity index (χ1v) is 8.00. The van der Waals surface area contributed by atoms with Crippen LogP contribution in [-0.4, -0.2) is 21.4 Å². The zero-order valence-electron chi connectivity index (χ0n) is 12.3. The number of nitrogens with zero attached hydrogens (tertiary/aromatic N) is 3. The molecule has 0 bridgehead atoms. The highest BCUT2D eigenvalue weighted by atomic mass is 32.1. The van der Waals surface area contributed by atoms with Crippen LogP contribution in [0.2, 0.25) is 0 Å². The molecule has 0 atom stereocenters. The van der Waals surface area contributed by atoms with Gasteiger partial charge in [-0.05, 0) is 43.0 Å². The van der Waals surface area contributed by atoms with E-state index in [-0.39, 0.29) is 11.4 Å². The van der Waals surface area contributed by atoms with Gasteiger partial charge in [0.1, 0.15) is 17.0 Å². The van der Waals surface area contributed by atoms with Crippen molar-refractivity contribution < 1.29 is 4.39 Å². The summed E-state index contributed by atoms with van der Waals surface area (Å²) in [6, 6.07) is 9.07. The Bertz CT molecular complexity index is 911. The van der Waals surface area contributed by atoms with Gasteiger partial charge in [-0.2, -0.15) is 0 Å². The van der Waals surface area contributed by atoms with Gasteiger partial charge in [-0.3, -0.25) is 4.99 Å². The third-order valence-electron chi connectivity index (χ3n) is 3.85. The van der Waals surface area contributed by atoms with Crippen LogP contribution >= 0.6 is 11.3 Å². The fourth-order valence-electron chi connectivity index (χ4n) is 2.87. The second-order valence-electron chi connectivity index (χ2n) is 6.12. The first-order valence-electron chi connectivity index (χ1n) is 7.12. The maximum atomic E-state index is 14.2. The lowest BCUT2D eigenvalue weighted by Gasteiger charge is -2.28. The number of rotatable bonds is 1. The van der Waals surface area contributed by atoms with Crippen molar-refractivity contribution in [3.8, 4) is 0 Å². The van der Waals surface area contributed by atoms with E-state index in [4.69, 9.17) is 4.99 Å². The van der Waals surface area contributed by atoms with E-state index >= 15 is 0 Å². The Morgan fingerprint density at radius 1 is 1.18 bits per heavy atom. The number of aromatic nitrogens is 2. The molecule has 3 aromatic rings. The molecule has 3 heterocycles. The van der Waals surface area contributed by atoms with Crippen molar-refractivity contribution in [1.29, 1.82) is 0 Å². The number of thiophene rings is 1. The number of hydrogen-bond donors (Lipinski definition) is 0. The predicted octanol–water partition coefficient (Wildman–Crippen LogP) is 4.00. The van der Waals surface area contributed by atoms with Crippen LogP contribution in [0.25, 0.3) is 10.2 Å². The smallest absolute Gasteiger partial charge is 0.127 e. The molecule has 0 fully saturated rings. The van der Waals surface area contributed by atoms with E-state index in [0.717, 1.165) is 21.5 Å². The van der Waals surface area contributed by atoms with Crippen molar-refractivity contribution in [3.63, 3.8) is 0 Å². The molecular formula is C17H14FN3S. The van der Waals surface area contributed by atoms with Gasteiger partial charge in [0.2, 0.25) is 0 Å². The number of aliphatic imine (C=N–C) groups is 1. The second-order valence-corrected chi connectivity index (χ2v) is 7.06. The van der Waals surface area contributed by atoms with Gasteiger partial charge >= 0.3 is 0 Å². The van der Waals surface area contributed by atoms with Crippen molar-refractivity contribution in [2.24, 2.45) is 4.99 Å².